The van der Waals surface area contributed by atoms with Crippen molar-refractivity contribution in [2.45, 2.75) is 39.0 Å². The molecule has 0 aliphatic heterocycles. The van der Waals surface area contributed by atoms with Gasteiger partial charge >= 0.3 is 0 Å². The predicted molar refractivity (Wildman–Crippen MR) is 59.7 cm³/mol. The largest absolute Gasteiger partial charge is 0.103 e. The zero-order valence-electron chi connectivity index (χ0n) is 8.68. The van der Waals surface area contributed by atoms with E-state index in [0.29, 0.717) is 0 Å². The zero-order chi connectivity index (χ0) is 9.68. The minimum absolute atomic E-state index is 0.739. The first-order valence-corrected chi connectivity index (χ1v) is 5.18. The molecule has 0 saturated heterocycles. The van der Waals surface area contributed by atoms with Crippen molar-refractivity contribution in [2.75, 3.05) is 0 Å². The molecule has 0 heterocycles. The van der Waals surface area contributed by atoms with Gasteiger partial charge < -0.3 is 0 Å². The van der Waals surface area contributed by atoms with E-state index >= 15 is 0 Å². The topological polar surface area (TPSA) is 0 Å². The van der Waals surface area contributed by atoms with Crippen molar-refractivity contribution in [3.05, 3.63) is 36.5 Å². The third kappa shape index (κ3) is 3.22. The van der Waals surface area contributed by atoms with Crippen LogP contribution in [0, 0.1) is 5.92 Å². The summed E-state index contributed by atoms with van der Waals surface area (Å²) in [4.78, 5) is 0. The highest BCUT2D eigenvalue weighted by Crippen LogP contribution is 2.30. The van der Waals surface area contributed by atoms with Gasteiger partial charge in [0.2, 0.25) is 0 Å². The van der Waals surface area contributed by atoms with Crippen molar-refractivity contribution in [1.29, 1.82) is 0 Å². The lowest BCUT2D eigenvalue weighted by Gasteiger charge is -2.22. The molecular formula is C13H20. The van der Waals surface area contributed by atoms with Crippen LogP contribution in [0.3, 0.4) is 0 Å². The molecule has 0 spiro atoms. The Bertz CT molecular complexity index is 220. The Morgan fingerprint density at radius 3 is 3.00 bits per heavy atom. The van der Waals surface area contributed by atoms with Gasteiger partial charge in [-0.3, -0.25) is 0 Å². The molecule has 0 radical (unpaired) electrons. The summed E-state index contributed by atoms with van der Waals surface area (Å²) in [5.74, 6) is 0.739. The molecule has 0 heteroatoms. The molecular weight excluding hydrogens is 156 g/mol. The lowest BCUT2D eigenvalue weighted by Crippen LogP contribution is -2.07. The predicted octanol–water partition coefficient (Wildman–Crippen LogP) is 4.26. The molecule has 0 aromatic carbocycles. The van der Waals surface area contributed by atoms with Gasteiger partial charge in [0.05, 0.1) is 0 Å². The van der Waals surface area contributed by atoms with E-state index in [0.717, 1.165) is 18.8 Å². The van der Waals surface area contributed by atoms with Crippen molar-refractivity contribution < 1.29 is 0 Å². The Morgan fingerprint density at radius 2 is 2.46 bits per heavy atom. The highest BCUT2D eigenvalue weighted by Gasteiger charge is 2.14. The van der Waals surface area contributed by atoms with Crippen molar-refractivity contribution in [3.63, 3.8) is 0 Å². The number of allylic oxidation sites excluding steroid dienone is 4. The van der Waals surface area contributed by atoms with Crippen LogP contribution in [0.25, 0.3) is 0 Å². The van der Waals surface area contributed by atoms with Crippen LogP contribution in [0.5, 0.6) is 0 Å². The fourth-order valence-corrected chi connectivity index (χ4v) is 1.83. The van der Waals surface area contributed by atoms with E-state index in [1.54, 1.807) is 5.57 Å². The van der Waals surface area contributed by atoms with Gasteiger partial charge in [-0.15, -0.1) is 6.58 Å². The van der Waals surface area contributed by atoms with Crippen molar-refractivity contribution in [3.8, 4) is 0 Å². The number of hydrogen-bond acceptors (Lipinski definition) is 0. The lowest BCUT2D eigenvalue weighted by molar-refractivity contribution is 0.524. The Morgan fingerprint density at radius 1 is 1.69 bits per heavy atom. The van der Waals surface area contributed by atoms with Crippen LogP contribution in [0.2, 0.25) is 0 Å². The van der Waals surface area contributed by atoms with Gasteiger partial charge in [0.15, 0.2) is 0 Å². The number of hydrogen-bond donors (Lipinski definition) is 0. The van der Waals surface area contributed by atoms with Gasteiger partial charge in [-0.05, 0) is 44.9 Å². The molecule has 0 bridgehead atoms. The highest BCUT2D eigenvalue weighted by atomic mass is 14.2. The molecule has 0 saturated carbocycles. The molecule has 1 aliphatic rings. The molecule has 13 heavy (non-hydrogen) atoms. The molecule has 0 fully saturated rings. The molecule has 0 aromatic rings. The molecule has 0 unspecified atom stereocenters. The van der Waals surface area contributed by atoms with Gasteiger partial charge in [-0.25, -0.2) is 0 Å². The molecule has 1 atom stereocenters. The third-order valence-corrected chi connectivity index (χ3v) is 2.88. The summed E-state index contributed by atoms with van der Waals surface area (Å²) in [6.45, 7) is 10.1. The Kier molecular flexibility index (Phi) is 4.01. The van der Waals surface area contributed by atoms with E-state index < -0.39 is 0 Å². The molecule has 1 rings (SSSR count). The monoisotopic (exact) mass is 176 g/mol. The second-order valence-corrected chi connectivity index (χ2v) is 4.01. The molecule has 0 amide bonds. The van der Waals surface area contributed by atoms with Crippen LogP contribution >= 0.6 is 0 Å². The number of rotatable bonds is 4. The van der Waals surface area contributed by atoms with Crippen molar-refractivity contribution in [1.82, 2.24) is 0 Å². The first-order chi connectivity index (χ1) is 6.24. The highest BCUT2D eigenvalue weighted by molar-refractivity contribution is 5.11. The summed E-state index contributed by atoms with van der Waals surface area (Å²) in [7, 11) is 0. The minimum atomic E-state index is 0.739. The molecule has 72 valence electrons. The standard InChI is InChI=1S/C13H20/c1-4-5-6-12(3)13-9-7-11(2)8-10-13/h4,7,13H,1,3,5-6,8-10H2,2H3/t13-/m1/s1. The van der Waals surface area contributed by atoms with Gasteiger partial charge in [-0.1, -0.05) is 29.9 Å². The van der Waals surface area contributed by atoms with Gasteiger partial charge in [0.1, 0.15) is 0 Å². The van der Waals surface area contributed by atoms with E-state index in [9.17, 15) is 0 Å². The maximum Gasteiger partial charge on any atom is -0.0168 e. The summed E-state index contributed by atoms with van der Waals surface area (Å²) in [6, 6.07) is 0. The second-order valence-electron chi connectivity index (χ2n) is 4.01. The van der Waals surface area contributed by atoms with Crippen LogP contribution in [0.15, 0.2) is 36.5 Å². The molecule has 0 nitrogen and oxygen atoms in total. The van der Waals surface area contributed by atoms with Gasteiger partial charge in [-0.2, -0.15) is 0 Å². The Labute approximate surface area is 82.0 Å². The lowest BCUT2D eigenvalue weighted by atomic mass is 9.84. The van der Waals surface area contributed by atoms with Gasteiger partial charge in [0.25, 0.3) is 0 Å². The van der Waals surface area contributed by atoms with Crippen molar-refractivity contribution in [2.24, 2.45) is 5.92 Å². The smallest absolute Gasteiger partial charge is 0.0168 e. The molecule has 1 aliphatic carbocycles. The average molecular weight is 176 g/mol. The Hall–Kier alpha value is -0.780. The maximum atomic E-state index is 4.16. The first-order valence-electron chi connectivity index (χ1n) is 5.18. The van der Waals surface area contributed by atoms with E-state index in [1.807, 2.05) is 6.08 Å². The summed E-state index contributed by atoms with van der Waals surface area (Å²) in [6.07, 6.45) is 10.3. The van der Waals surface area contributed by atoms with Crippen LogP contribution in [0.1, 0.15) is 39.0 Å². The summed E-state index contributed by atoms with van der Waals surface area (Å²) in [5, 5.41) is 0. The zero-order valence-corrected chi connectivity index (χ0v) is 8.68. The summed E-state index contributed by atoms with van der Waals surface area (Å²) < 4.78 is 0. The second kappa shape index (κ2) is 5.06. The fraction of sp³-hybridized carbons (Fsp3) is 0.538. The normalized spacial score (nSPS) is 22.2. The van der Waals surface area contributed by atoms with Crippen LogP contribution in [-0.4, -0.2) is 0 Å². The van der Waals surface area contributed by atoms with Crippen LogP contribution in [-0.2, 0) is 0 Å². The van der Waals surface area contributed by atoms with E-state index in [-0.39, 0.29) is 0 Å². The van der Waals surface area contributed by atoms with Gasteiger partial charge in [0, 0.05) is 0 Å². The minimum Gasteiger partial charge on any atom is -0.103 e. The SMILES string of the molecule is C=CCCC(=C)[C@@H]1CC=C(C)CC1. The van der Waals surface area contributed by atoms with Crippen molar-refractivity contribution >= 4 is 0 Å². The quantitative estimate of drug-likeness (QED) is 0.561. The molecule has 0 N–H and O–H groups in total. The first kappa shape index (κ1) is 10.3. The average Bonchev–Trinajstić information content (AvgIpc) is 2.15. The third-order valence-electron chi connectivity index (χ3n) is 2.88. The summed E-state index contributed by atoms with van der Waals surface area (Å²) >= 11 is 0. The maximum absolute atomic E-state index is 4.16. The van der Waals surface area contributed by atoms with Crippen LogP contribution < -0.4 is 0 Å². The van der Waals surface area contributed by atoms with Crippen LogP contribution in [0.4, 0.5) is 0 Å². The molecule has 0 aromatic heterocycles. The van der Waals surface area contributed by atoms with E-state index in [1.165, 1.54) is 24.8 Å². The summed E-state index contributed by atoms with van der Waals surface area (Å²) in [5.41, 5.74) is 2.97. The fourth-order valence-electron chi connectivity index (χ4n) is 1.83. The Balaban J connectivity index is 2.36. The van der Waals surface area contributed by atoms with E-state index in [4.69, 9.17) is 0 Å². The van der Waals surface area contributed by atoms with E-state index in [2.05, 4.69) is 26.2 Å².